The summed E-state index contributed by atoms with van der Waals surface area (Å²) in [6.07, 6.45) is 0.767. The minimum absolute atomic E-state index is 0.0343. The van der Waals surface area contributed by atoms with Crippen molar-refractivity contribution in [3.05, 3.63) is 45.8 Å². The number of carboxylic acids is 1. The highest BCUT2D eigenvalue weighted by molar-refractivity contribution is 7.84. The highest BCUT2D eigenvalue weighted by atomic mass is 32.2. The van der Waals surface area contributed by atoms with Crippen molar-refractivity contribution in [1.29, 1.82) is 0 Å². The van der Waals surface area contributed by atoms with E-state index in [2.05, 4.69) is 10.1 Å². The van der Waals surface area contributed by atoms with E-state index in [0.717, 1.165) is 15.9 Å². The van der Waals surface area contributed by atoms with Gasteiger partial charge in [-0.1, -0.05) is 11.2 Å². The van der Waals surface area contributed by atoms with Crippen LogP contribution in [0.4, 0.5) is 5.13 Å². The monoisotopic (exact) mass is 527 g/mol. The number of hydrogen-bond donors (Lipinski definition) is 3. The van der Waals surface area contributed by atoms with E-state index in [1.807, 2.05) is 0 Å². The van der Waals surface area contributed by atoms with E-state index in [-0.39, 0.29) is 21.7 Å². The first kappa shape index (κ1) is 26.0. The first-order valence-electron chi connectivity index (χ1n) is 9.92. The molecule has 0 radical (unpaired) electrons. The van der Waals surface area contributed by atoms with Crippen molar-refractivity contribution >= 4 is 50.1 Å². The van der Waals surface area contributed by atoms with E-state index < -0.39 is 63.2 Å². The molecule has 1 saturated heterocycles. The van der Waals surface area contributed by atoms with Crippen molar-refractivity contribution in [3.8, 4) is 0 Å². The predicted molar refractivity (Wildman–Crippen MR) is 122 cm³/mol. The number of nitrogens with zero attached hydrogens (tertiary/aromatic N) is 4. The fourth-order valence-electron chi connectivity index (χ4n) is 3.23. The van der Waals surface area contributed by atoms with Gasteiger partial charge in [-0.2, -0.15) is 8.42 Å². The molecule has 1 aliphatic rings. The lowest BCUT2D eigenvalue weighted by Gasteiger charge is -2.44. The average molecular weight is 528 g/mol. The van der Waals surface area contributed by atoms with Gasteiger partial charge in [0.25, 0.3) is 5.56 Å². The fourth-order valence-corrected chi connectivity index (χ4v) is 4.69. The molecule has 1 amide bonds. The number of carboxylic acid groups (broad SMARTS) is 1. The number of hydrogen-bond acceptors (Lipinski definition) is 11. The maximum Gasteiger partial charge on any atom is 0.362 e. The van der Waals surface area contributed by atoms with Crippen LogP contribution in [0.5, 0.6) is 0 Å². The molecule has 2 aromatic rings. The van der Waals surface area contributed by atoms with E-state index in [1.165, 1.54) is 43.6 Å². The Kier molecular flexibility index (Phi) is 7.09. The van der Waals surface area contributed by atoms with Crippen LogP contribution in [-0.2, 0) is 36.1 Å². The third kappa shape index (κ3) is 5.55. The summed E-state index contributed by atoms with van der Waals surface area (Å²) in [7, 11) is -4.96. The number of rotatable bonds is 10. The predicted octanol–water partition coefficient (Wildman–Crippen LogP) is -0.240. The number of aliphatic carboxylic acids is 1. The van der Waals surface area contributed by atoms with Crippen LogP contribution in [0.15, 0.2) is 39.7 Å². The number of nitrogen functional groups attached to an aromatic ring is 1. The van der Waals surface area contributed by atoms with Crippen molar-refractivity contribution in [3.63, 3.8) is 0 Å². The Hall–Kier alpha value is -3.63. The zero-order chi connectivity index (χ0) is 26.1. The second kappa shape index (κ2) is 9.55. The number of carbonyl (C=O) groups is 3. The summed E-state index contributed by atoms with van der Waals surface area (Å²) in [4.78, 5) is 58.0. The number of aromatic nitrogens is 2. The molecular formula is C19H21N5O9S2. The van der Waals surface area contributed by atoms with Crippen LogP contribution in [-0.4, -0.2) is 66.9 Å². The molecule has 0 saturated carbocycles. The Morgan fingerprint density at radius 3 is 2.54 bits per heavy atom. The van der Waals surface area contributed by atoms with Gasteiger partial charge in [0.15, 0.2) is 16.6 Å². The summed E-state index contributed by atoms with van der Waals surface area (Å²) >= 11 is 0.973. The van der Waals surface area contributed by atoms with Crippen LogP contribution in [0.25, 0.3) is 0 Å². The summed E-state index contributed by atoms with van der Waals surface area (Å²) in [5, 5.41) is 14.3. The Bertz CT molecular complexity index is 1360. The van der Waals surface area contributed by atoms with Crippen LogP contribution in [0.1, 0.15) is 26.0 Å². The SMILES string of the molecule is CC(C)(O/N=C(\C(=O)C[C@@H]1C(=O)N(S(=O)(=O)O)[C@@H]1Cn1ccccc1=O)c1csc(N)n1)C(=O)O. The molecule has 3 rings (SSSR count). The van der Waals surface area contributed by atoms with Gasteiger partial charge in [0.2, 0.25) is 11.5 Å². The number of Topliss-reactive ketones (excluding diaryl/α,β-unsaturated/α-hetero) is 1. The topological polar surface area (TPSA) is 212 Å². The molecule has 35 heavy (non-hydrogen) atoms. The number of thiazole rings is 1. The van der Waals surface area contributed by atoms with Crippen LogP contribution in [0, 0.1) is 5.92 Å². The number of anilines is 1. The molecule has 0 bridgehead atoms. The number of carbonyl (C=O) groups excluding carboxylic acids is 2. The normalized spacial score (nSPS) is 18.8. The smallest absolute Gasteiger partial charge is 0.362 e. The molecule has 2 aromatic heterocycles. The van der Waals surface area contributed by atoms with Crippen molar-refractivity contribution < 1.29 is 37.3 Å². The molecule has 1 aliphatic heterocycles. The number of pyridine rings is 1. The van der Waals surface area contributed by atoms with Gasteiger partial charge >= 0.3 is 16.3 Å². The first-order chi connectivity index (χ1) is 16.2. The number of β-lactam (4-membered cyclic amide) rings is 1. The first-order valence-corrected chi connectivity index (χ1v) is 12.2. The van der Waals surface area contributed by atoms with E-state index in [1.54, 1.807) is 0 Å². The zero-order valence-electron chi connectivity index (χ0n) is 18.4. The molecule has 4 N–H and O–H groups in total. The Morgan fingerprint density at radius 1 is 1.31 bits per heavy atom. The van der Waals surface area contributed by atoms with E-state index in [4.69, 9.17) is 10.6 Å². The molecule has 0 spiro atoms. The number of amides is 1. The molecule has 2 atom stereocenters. The van der Waals surface area contributed by atoms with Crippen molar-refractivity contribution in [2.75, 3.05) is 5.73 Å². The van der Waals surface area contributed by atoms with Crippen LogP contribution < -0.4 is 11.3 Å². The van der Waals surface area contributed by atoms with Crippen LogP contribution in [0.3, 0.4) is 0 Å². The highest BCUT2D eigenvalue weighted by Crippen LogP contribution is 2.33. The summed E-state index contributed by atoms with van der Waals surface area (Å²) in [5.41, 5.74) is 2.85. The van der Waals surface area contributed by atoms with Gasteiger partial charge in [0.05, 0.1) is 12.0 Å². The fraction of sp³-hybridized carbons (Fsp3) is 0.368. The second-order valence-corrected chi connectivity index (χ2v) is 10.2. The van der Waals surface area contributed by atoms with Gasteiger partial charge in [0.1, 0.15) is 5.69 Å². The van der Waals surface area contributed by atoms with Gasteiger partial charge in [-0.05, 0) is 19.9 Å². The standard InChI is InChI=1S/C19H21N5O9S2/c1-19(2,17(28)29)33-22-15(11-9-34-18(20)21-11)13(25)7-10-12(24(16(10)27)35(30,31)32)8-23-6-4-3-5-14(23)26/h3-6,9-10,12H,7-8H2,1-2H3,(H2,20,21)(H,28,29)(H,30,31,32)/b22-15-/t10-,12+/m0/s1. The molecule has 188 valence electrons. The molecule has 0 aromatic carbocycles. The summed E-state index contributed by atoms with van der Waals surface area (Å²) < 4.78 is 34.3. The lowest BCUT2D eigenvalue weighted by Crippen LogP contribution is -2.65. The van der Waals surface area contributed by atoms with Crippen LogP contribution in [0.2, 0.25) is 0 Å². The maximum atomic E-state index is 13.1. The third-order valence-corrected chi connectivity index (χ3v) is 6.77. The second-order valence-electron chi connectivity index (χ2n) is 8.02. The van der Waals surface area contributed by atoms with Gasteiger partial charge in [-0.3, -0.25) is 18.9 Å². The minimum atomic E-state index is -4.96. The number of oxime groups is 1. The molecule has 16 heteroatoms. The Labute approximate surface area is 202 Å². The summed E-state index contributed by atoms with van der Waals surface area (Å²) in [5.74, 6) is -4.49. The molecule has 1 fully saturated rings. The van der Waals surface area contributed by atoms with E-state index in [0.29, 0.717) is 0 Å². The molecule has 14 nitrogen and oxygen atoms in total. The van der Waals surface area contributed by atoms with Gasteiger partial charge < -0.3 is 20.2 Å². The Morgan fingerprint density at radius 2 is 2.00 bits per heavy atom. The van der Waals surface area contributed by atoms with E-state index >= 15 is 0 Å². The zero-order valence-corrected chi connectivity index (χ0v) is 20.0. The largest absolute Gasteiger partial charge is 0.478 e. The van der Waals surface area contributed by atoms with Gasteiger partial charge in [0, 0.05) is 30.6 Å². The lowest BCUT2D eigenvalue weighted by atomic mass is 9.84. The Balaban J connectivity index is 1.92. The molecule has 3 heterocycles. The minimum Gasteiger partial charge on any atom is -0.478 e. The maximum absolute atomic E-state index is 13.1. The average Bonchev–Trinajstić information content (AvgIpc) is 3.17. The van der Waals surface area contributed by atoms with Crippen molar-refractivity contribution in [1.82, 2.24) is 13.9 Å². The summed E-state index contributed by atoms with van der Waals surface area (Å²) in [6.45, 7) is 2.08. The van der Waals surface area contributed by atoms with Gasteiger partial charge in [-0.25, -0.2) is 14.1 Å². The lowest BCUT2D eigenvalue weighted by molar-refractivity contribution is -0.161. The molecule has 0 unspecified atom stereocenters. The van der Waals surface area contributed by atoms with Crippen molar-refractivity contribution in [2.45, 2.75) is 38.5 Å². The third-order valence-electron chi connectivity index (χ3n) is 5.15. The van der Waals surface area contributed by atoms with E-state index in [9.17, 15) is 37.3 Å². The molecular weight excluding hydrogens is 506 g/mol. The van der Waals surface area contributed by atoms with Crippen LogP contribution >= 0.6 is 11.3 Å². The molecule has 0 aliphatic carbocycles. The highest BCUT2D eigenvalue weighted by Gasteiger charge is 2.54. The quantitative estimate of drug-likeness (QED) is 0.159. The van der Waals surface area contributed by atoms with Crippen molar-refractivity contribution in [2.24, 2.45) is 11.1 Å². The number of ketones is 1. The van der Waals surface area contributed by atoms with Gasteiger partial charge in [-0.15, -0.1) is 11.3 Å². The summed E-state index contributed by atoms with van der Waals surface area (Å²) in [6, 6.07) is 2.95. The number of nitrogens with two attached hydrogens (primary N) is 1.